The third kappa shape index (κ3) is 2.22. The van der Waals surface area contributed by atoms with Crippen molar-refractivity contribution in [3.05, 3.63) is 32.9 Å². The molecule has 0 aliphatic carbocycles. The van der Waals surface area contributed by atoms with Gasteiger partial charge in [-0.1, -0.05) is 22.6 Å². The zero-order valence-electron chi connectivity index (χ0n) is 8.92. The van der Waals surface area contributed by atoms with Crippen LogP contribution < -0.4 is 11.2 Å². The zero-order chi connectivity index (χ0) is 13.4. The molecule has 1 saturated heterocycles. The van der Waals surface area contributed by atoms with E-state index in [1.54, 1.807) is 4.98 Å². The van der Waals surface area contributed by atoms with Crippen molar-refractivity contribution in [3.8, 4) is 0 Å². The van der Waals surface area contributed by atoms with Gasteiger partial charge in [0.05, 0.1) is 12.3 Å². The van der Waals surface area contributed by atoms with Crippen LogP contribution in [0.15, 0.2) is 15.8 Å². The normalized spacial score (nSPS) is 31.8. The third-order valence-corrected chi connectivity index (χ3v) is 3.56. The fourth-order valence-electron chi connectivity index (χ4n) is 1.74. The first kappa shape index (κ1) is 13.6. The average molecular weight is 375 g/mol. The smallest absolute Gasteiger partial charge is 0.330 e. The van der Waals surface area contributed by atoms with Crippen molar-refractivity contribution in [3.63, 3.8) is 0 Å². The second-order valence-corrected chi connectivity index (χ2v) is 4.72. The number of nitrogens with zero attached hydrogens (tertiary/aromatic N) is 1. The minimum absolute atomic E-state index is 0.396. The van der Waals surface area contributed by atoms with Gasteiger partial charge in [-0.3, -0.25) is 14.3 Å². The Morgan fingerprint density at radius 3 is 2.67 bits per heavy atom. The van der Waals surface area contributed by atoms with Crippen LogP contribution in [0.5, 0.6) is 0 Å². The Bertz CT molecular complexity index is 559. The number of alkyl halides is 1. The molecule has 0 saturated carbocycles. The number of hydrogen-bond acceptors (Lipinski definition) is 5. The molecule has 1 aliphatic heterocycles. The molecule has 1 fully saturated rings. The van der Waals surface area contributed by atoms with Crippen LogP contribution in [0.2, 0.25) is 0 Å². The number of nitrogens with one attached hydrogen (secondary N) is 1. The molecule has 100 valence electrons. The van der Waals surface area contributed by atoms with E-state index in [1.807, 2.05) is 22.6 Å². The summed E-state index contributed by atoms with van der Waals surface area (Å²) in [5.41, 5.74) is -2.05. The number of aromatic amines is 1. The van der Waals surface area contributed by atoms with E-state index in [4.69, 9.17) is 4.74 Å². The highest BCUT2D eigenvalue weighted by Crippen LogP contribution is 2.29. The lowest BCUT2D eigenvalue weighted by Gasteiger charge is -2.16. The Labute approximate surface area is 113 Å². The molecule has 0 unspecified atom stereocenters. The summed E-state index contributed by atoms with van der Waals surface area (Å²) in [6.45, 7) is 0. The number of aliphatic hydroxyl groups is 2. The zero-order valence-corrected chi connectivity index (χ0v) is 11.1. The molecular formula is C9H10FIN2O5. The van der Waals surface area contributed by atoms with E-state index in [1.165, 1.54) is 0 Å². The van der Waals surface area contributed by atoms with Gasteiger partial charge in [0.1, 0.15) is 12.2 Å². The van der Waals surface area contributed by atoms with Gasteiger partial charge in [-0.25, -0.2) is 4.79 Å². The lowest BCUT2D eigenvalue weighted by molar-refractivity contribution is -0.0340. The van der Waals surface area contributed by atoms with Gasteiger partial charge in [-0.15, -0.1) is 0 Å². The number of aliphatic hydroxyl groups excluding tert-OH is 2. The Balaban J connectivity index is 2.42. The number of halogens is 2. The molecule has 2 rings (SSSR count). The van der Waals surface area contributed by atoms with Crippen molar-refractivity contribution < 1.29 is 19.3 Å². The molecule has 0 aromatic carbocycles. The van der Waals surface area contributed by atoms with Crippen LogP contribution in [-0.4, -0.2) is 42.5 Å². The van der Waals surface area contributed by atoms with Crippen LogP contribution in [0, 0.1) is 5.82 Å². The molecule has 3 N–H and O–H groups in total. The summed E-state index contributed by atoms with van der Waals surface area (Å²) in [7, 11) is 0. The van der Waals surface area contributed by atoms with Crippen LogP contribution >= 0.6 is 22.6 Å². The maximum atomic E-state index is 13.1. The SMILES string of the molecule is O=c1[15nH][13c](=O)[15n]([C@@H]2O[C@H](CI)[C@@H](O)[C@H]2O)cc1F. The molecule has 2 heterocycles. The predicted molar refractivity (Wildman–Crippen MR) is 66.1 cm³/mol. The van der Waals surface area contributed by atoms with Crippen LogP contribution in [0.3, 0.4) is 0 Å². The topological polar surface area (TPSA) is 105 Å². The van der Waals surface area contributed by atoms with E-state index in [9.17, 15) is 24.2 Å². The van der Waals surface area contributed by atoms with E-state index < -0.39 is 41.6 Å². The lowest BCUT2D eigenvalue weighted by Crippen LogP contribution is -2.38. The molecule has 1 aromatic rings. The lowest BCUT2D eigenvalue weighted by atomic mass is 10.1. The second-order valence-electron chi connectivity index (χ2n) is 3.84. The highest BCUT2D eigenvalue weighted by atomic mass is 127. The molecule has 0 radical (unpaired) electrons. The van der Waals surface area contributed by atoms with E-state index in [0.717, 1.165) is 4.57 Å². The molecule has 1 aromatic heterocycles. The summed E-state index contributed by atoms with van der Waals surface area (Å²) in [5.74, 6) is -1.17. The van der Waals surface area contributed by atoms with E-state index >= 15 is 0 Å². The Hall–Kier alpha value is -0.780. The number of aromatic nitrogens is 2. The Morgan fingerprint density at radius 1 is 1.44 bits per heavy atom. The van der Waals surface area contributed by atoms with Crippen molar-refractivity contribution in [1.29, 1.82) is 0 Å². The first-order valence-electron chi connectivity index (χ1n) is 5.04. The average Bonchev–Trinajstić information content (AvgIpc) is 2.61. The first-order valence-corrected chi connectivity index (χ1v) is 6.56. The largest absolute Gasteiger partial charge is 0.387 e. The number of rotatable bonds is 2. The van der Waals surface area contributed by atoms with Gasteiger partial charge in [-0.05, 0) is 0 Å². The molecule has 9 heteroatoms. The quantitative estimate of drug-likeness (QED) is 0.442. The predicted octanol–water partition coefficient (Wildman–Crippen LogP) is -1.27. The second kappa shape index (κ2) is 5.07. The van der Waals surface area contributed by atoms with Gasteiger partial charge >= 0.3 is 5.69 Å². The monoisotopic (exact) mass is 375 g/mol. The summed E-state index contributed by atoms with van der Waals surface area (Å²) in [4.78, 5) is 24.1. The van der Waals surface area contributed by atoms with Gasteiger partial charge in [-0.2, -0.15) is 4.39 Å². The standard InChI is InChI=1S/C9H10FIN2O5/c10-3-2-13(9(17)12-7(3)16)8-6(15)5(14)4(1-11)18-8/h2,4-6,8,14-15H,1H2,(H,12,16,17)/t4-,5-,6-,8-/m1/s1/i9+1,12+1,13+1. The highest BCUT2D eigenvalue weighted by Gasteiger charge is 2.43. The van der Waals surface area contributed by atoms with Crippen molar-refractivity contribution in [2.75, 3.05) is 4.43 Å². The van der Waals surface area contributed by atoms with Gasteiger partial charge < -0.3 is 14.9 Å². The summed E-state index contributed by atoms with van der Waals surface area (Å²) in [6.07, 6.45) is -3.77. The first-order chi connectivity index (χ1) is 8.45. The van der Waals surface area contributed by atoms with Gasteiger partial charge in [0.15, 0.2) is 6.23 Å². The van der Waals surface area contributed by atoms with E-state index in [-0.39, 0.29) is 0 Å². The maximum absolute atomic E-state index is 13.1. The molecule has 0 amide bonds. The van der Waals surface area contributed by atoms with Crippen molar-refractivity contribution in [1.82, 2.24) is 9.55 Å². The van der Waals surface area contributed by atoms with Gasteiger partial charge in [0, 0.05) is 4.43 Å². The fraction of sp³-hybridized carbons (Fsp3) is 0.556. The molecule has 0 spiro atoms. The number of H-pyrrole nitrogens is 1. The summed E-state index contributed by atoms with van der Waals surface area (Å²) >= 11 is 1.95. The summed E-state index contributed by atoms with van der Waals surface area (Å²) in [6, 6.07) is 0. The van der Waals surface area contributed by atoms with E-state index in [0.29, 0.717) is 10.6 Å². The van der Waals surface area contributed by atoms with E-state index in [2.05, 4.69) is 0 Å². The Morgan fingerprint density at radius 2 is 2.11 bits per heavy atom. The molecule has 0 bridgehead atoms. The number of ether oxygens (including phenoxy) is 1. The number of hydrogen-bond donors (Lipinski definition) is 3. The molecule has 4 atom stereocenters. The summed E-state index contributed by atoms with van der Waals surface area (Å²) < 4.78 is 19.5. The molecular weight excluding hydrogens is 365 g/mol. The molecule has 18 heavy (non-hydrogen) atoms. The van der Waals surface area contributed by atoms with Gasteiger partial charge in [0.25, 0.3) is 5.56 Å². The van der Waals surface area contributed by atoms with Crippen molar-refractivity contribution in [2.24, 2.45) is 0 Å². The molecule has 1 aliphatic rings. The Kier molecular flexibility index (Phi) is 3.84. The minimum Gasteiger partial charge on any atom is -0.387 e. The minimum atomic E-state index is -1.37. The summed E-state index contributed by atoms with van der Waals surface area (Å²) in [5, 5.41) is 19.4. The van der Waals surface area contributed by atoms with Crippen LogP contribution in [0.25, 0.3) is 0 Å². The maximum Gasteiger partial charge on any atom is 0.330 e. The van der Waals surface area contributed by atoms with Crippen LogP contribution in [-0.2, 0) is 4.74 Å². The van der Waals surface area contributed by atoms with Crippen LogP contribution in [0.4, 0.5) is 4.39 Å². The van der Waals surface area contributed by atoms with Gasteiger partial charge in [0.2, 0.25) is 5.82 Å². The third-order valence-electron chi connectivity index (χ3n) is 2.69. The van der Waals surface area contributed by atoms with Crippen LogP contribution in [0.1, 0.15) is 6.23 Å². The van der Waals surface area contributed by atoms with Crippen molar-refractivity contribution >= 4 is 22.6 Å². The molecule has 7 nitrogen and oxygen atoms in total. The fourth-order valence-corrected chi connectivity index (χ4v) is 2.46. The van der Waals surface area contributed by atoms with Crippen molar-refractivity contribution in [2.45, 2.75) is 24.5 Å². The highest BCUT2D eigenvalue weighted by molar-refractivity contribution is 14.1.